The Morgan fingerprint density at radius 1 is 1.04 bits per heavy atom. The van der Waals surface area contributed by atoms with Gasteiger partial charge < -0.3 is 4.74 Å². The zero-order valence-corrected chi connectivity index (χ0v) is 16.6. The first-order valence-electron chi connectivity index (χ1n) is 8.05. The molecule has 4 nitrogen and oxygen atoms in total. The SMILES string of the molecule is CC(C)(C)C(=O)/C(C#N)=C/c1ccc(OC(=O)c2ccc(Cl)c(Cl)c2)cc1. The van der Waals surface area contributed by atoms with Crippen molar-refractivity contribution in [2.75, 3.05) is 0 Å². The normalized spacial score (nSPS) is 11.6. The fraction of sp³-hybridized carbons (Fsp3) is 0.190. The standard InChI is InChI=1S/C21H17Cl2NO3/c1-21(2,3)19(25)15(12-24)10-13-4-7-16(8-5-13)27-20(26)14-6-9-17(22)18(23)11-14/h4-11H,1-3H3/b15-10+. The Morgan fingerprint density at radius 3 is 2.19 bits per heavy atom. The number of allylic oxidation sites excluding steroid dienone is 1. The molecule has 2 aromatic carbocycles. The van der Waals surface area contributed by atoms with Crippen LogP contribution in [0.15, 0.2) is 48.0 Å². The van der Waals surface area contributed by atoms with Gasteiger partial charge in [0.15, 0.2) is 5.78 Å². The first-order chi connectivity index (χ1) is 12.6. The van der Waals surface area contributed by atoms with Crippen LogP contribution in [0.5, 0.6) is 5.75 Å². The van der Waals surface area contributed by atoms with E-state index in [9.17, 15) is 14.9 Å². The summed E-state index contributed by atoms with van der Waals surface area (Å²) in [6.45, 7) is 5.27. The maximum Gasteiger partial charge on any atom is 0.343 e. The van der Waals surface area contributed by atoms with Crippen LogP contribution < -0.4 is 4.74 Å². The second kappa shape index (κ2) is 8.39. The molecule has 0 bridgehead atoms. The average Bonchev–Trinajstić information content (AvgIpc) is 2.62. The van der Waals surface area contributed by atoms with Gasteiger partial charge in [0.05, 0.1) is 21.2 Å². The topological polar surface area (TPSA) is 67.2 Å². The smallest absolute Gasteiger partial charge is 0.343 e. The molecule has 0 aliphatic rings. The van der Waals surface area contributed by atoms with Crippen molar-refractivity contribution in [3.05, 3.63) is 69.2 Å². The van der Waals surface area contributed by atoms with E-state index in [-0.39, 0.29) is 21.9 Å². The third-order valence-electron chi connectivity index (χ3n) is 3.60. The number of halogens is 2. The maximum atomic E-state index is 12.2. The van der Waals surface area contributed by atoms with Crippen LogP contribution in [0, 0.1) is 16.7 Å². The highest BCUT2D eigenvalue weighted by Crippen LogP contribution is 2.24. The van der Waals surface area contributed by atoms with E-state index in [1.807, 2.05) is 6.07 Å². The van der Waals surface area contributed by atoms with E-state index in [1.165, 1.54) is 24.3 Å². The first-order valence-corrected chi connectivity index (χ1v) is 8.81. The van der Waals surface area contributed by atoms with Gasteiger partial charge in [0.1, 0.15) is 11.8 Å². The van der Waals surface area contributed by atoms with E-state index >= 15 is 0 Å². The molecule has 0 aliphatic carbocycles. The minimum Gasteiger partial charge on any atom is -0.423 e. The Bertz CT molecular complexity index is 949. The summed E-state index contributed by atoms with van der Waals surface area (Å²) in [7, 11) is 0. The lowest BCUT2D eigenvalue weighted by atomic mass is 9.86. The Labute approximate surface area is 168 Å². The van der Waals surface area contributed by atoms with E-state index in [0.717, 1.165) is 0 Å². The number of nitrogens with zero attached hydrogens (tertiary/aromatic N) is 1. The number of ether oxygens (including phenoxy) is 1. The van der Waals surface area contributed by atoms with Gasteiger partial charge in [0, 0.05) is 5.41 Å². The number of esters is 1. The molecule has 6 heteroatoms. The van der Waals surface area contributed by atoms with Crippen molar-refractivity contribution in [3.8, 4) is 11.8 Å². The van der Waals surface area contributed by atoms with Crippen LogP contribution in [0.4, 0.5) is 0 Å². The van der Waals surface area contributed by atoms with Gasteiger partial charge in [-0.1, -0.05) is 56.1 Å². The van der Waals surface area contributed by atoms with Crippen LogP contribution in [-0.2, 0) is 4.79 Å². The predicted octanol–water partition coefficient (Wildman–Crippen LogP) is 5.73. The quantitative estimate of drug-likeness (QED) is 0.283. The van der Waals surface area contributed by atoms with Crippen molar-refractivity contribution < 1.29 is 14.3 Å². The third kappa shape index (κ3) is 5.43. The summed E-state index contributed by atoms with van der Waals surface area (Å²) < 4.78 is 5.29. The lowest BCUT2D eigenvalue weighted by molar-refractivity contribution is -0.121. The molecule has 0 aromatic heterocycles. The summed E-state index contributed by atoms with van der Waals surface area (Å²) in [6, 6.07) is 12.9. The second-order valence-electron chi connectivity index (χ2n) is 6.84. The summed E-state index contributed by atoms with van der Waals surface area (Å²) in [4.78, 5) is 24.4. The Kier molecular flexibility index (Phi) is 6.43. The molecule has 0 amide bonds. The number of ketones is 1. The van der Waals surface area contributed by atoms with Gasteiger partial charge in [-0.2, -0.15) is 5.26 Å². The largest absolute Gasteiger partial charge is 0.423 e. The predicted molar refractivity (Wildman–Crippen MR) is 106 cm³/mol. The molecule has 0 atom stereocenters. The Hall–Kier alpha value is -2.61. The highest BCUT2D eigenvalue weighted by atomic mass is 35.5. The first kappa shape index (κ1) is 20.7. The van der Waals surface area contributed by atoms with Crippen LogP contribution in [0.3, 0.4) is 0 Å². The van der Waals surface area contributed by atoms with Gasteiger partial charge >= 0.3 is 5.97 Å². The molecule has 0 unspecified atom stereocenters. The highest BCUT2D eigenvalue weighted by molar-refractivity contribution is 6.42. The number of hydrogen-bond acceptors (Lipinski definition) is 4. The van der Waals surface area contributed by atoms with Gasteiger partial charge in [0.25, 0.3) is 0 Å². The Morgan fingerprint density at radius 2 is 1.67 bits per heavy atom. The molecule has 2 rings (SSSR count). The van der Waals surface area contributed by atoms with Crippen molar-refractivity contribution in [3.63, 3.8) is 0 Å². The van der Waals surface area contributed by atoms with Crippen LogP contribution in [0.2, 0.25) is 10.0 Å². The molecule has 0 N–H and O–H groups in total. The third-order valence-corrected chi connectivity index (χ3v) is 4.34. The molecule has 138 valence electrons. The maximum absolute atomic E-state index is 12.2. The summed E-state index contributed by atoms with van der Waals surface area (Å²) in [6.07, 6.45) is 1.51. The van der Waals surface area contributed by atoms with Gasteiger partial charge in [-0.15, -0.1) is 0 Å². The van der Waals surface area contributed by atoms with Crippen molar-refractivity contribution >= 4 is 41.0 Å². The van der Waals surface area contributed by atoms with E-state index in [2.05, 4.69) is 0 Å². The van der Waals surface area contributed by atoms with E-state index < -0.39 is 11.4 Å². The van der Waals surface area contributed by atoms with Crippen molar-refractivity contribution in [1.82, 2.24) is 0 Å². The molecule has 0 saturated carbocycles. The summed E-state index contributed by atoms with van der Waals surface area (Å²) in [5.74, 6) is -0.485. The second-order valence-corrected chi connectivity index (χ2v) is 7.65. The zero-order valence-electron chi connectivity index (χ0n) is 15.0. The van der Waals surface area contributed by atoms with Gasteiger partial charge in [-0.05, 0) is 42.0 Å². The molecule has 0 fully saturated rings. The van der Waals surface area contributed by atoms with Crippen molar-refractivity contribution in [2.45, 2.75) is 20.8 Å². The van der Waals surface area contributed by atoms with Crippen molar-refractivity contribution in [1.29, 1.82) is 5.26 Å². The lowest BCUT2D eigenvalue weighted by Crippen LogP contribution is -2.21. The molecule has 0 aliphatic heterocycles. The summed E-state index contributed by atoms with van der Waals surface area (Å²) in [5.41, 5.74) is 0.356. The molecule has 2 aromatic rings. The lowest BCUT2D eigenvalue weighted by Gasteiger charge is -2.15. The van der Waals surface area contributed by atoms with E-state index in [4.69, 9.17) is 27.9 Å². The molecular formula is C21H17Cl2NO3. The van der Waals surface area contributed by atoms with Crippen LogP contribution in [0.25, 0.3) is 6.08 Å². The van der Waals surface area contributed by atoms with Gasteiger partial charge in [0.2, 0.25) is 0 Å². The number of hydrogen-bond donors (Lipinski definition) is 0. The van der Waals surface area contributed by atoms with E-state index in [0.29, 0.717) is 16.3 Å². The molecular weight excluding hydrogens is 385 g/mol. The summed E-state index contributed by atoms with van der Waals surface area (Å²) in [5, 5.41) is 9.85. The van der Waals surface area contributed by atoms with Gasteiger partial charge in [-0.3, -0.25) is 4.79 Å². The molecule has 0 radical (unpaired) electrons. The van der Waals surface area contributed by atoms with Crippen LogP contribution >= 0.6 is 23.2 Å². The molecule has 27 heavy (non-hydrogen) atoms. The number of carbonyl (C=O) groups excluding carboxylic acids is 2. The average molecular weight is 402 g/mol. The minimum absolute atomic E-state index is 0.0723. The van der Waals surface area contributed by atoms with Crippen LogP contribution in [0.1, 0.15) is 36.7 Å². The molecule has 0 spiro atoms. The van der Waals surface area contributed by atoms with Crippen LogP contribution in [-0.4, -0.2) is 11.8 Å². The number of rotatable bonds is 4. The van der Waals surface area contributed by atoms with Gasteiger partial charge in [-0.25, -0.2) is 4.79 Å². The fourth-order valence-electron chi connectivity index (χ4n) is 2.14. The molecule has 0 heterocycles. The number of carbonyl (C=O) groups is 2. The monoisotopic (exact) mass is 401 g/mol. The summed E-state index contributed by atoms with van der Waals surface area (Å²) >= 11 is 11.7. The Balaban J connectivity index is 2.16. The number of Topliss-reactive ketones (excluding diaryl/α,β-unsaturated/α-hetero) is 1. The number of benzene rings is 2. The highest BCUT2D eigenvalue weighted by Gasteiger charge is 2.24. The van der Waals surface area contributed by atoms with E-state index in [1.54, 1.807) is 45.0 Å². The molecule has 0 saturated heterocycles. The van der Waals surface area contributed by atoms with Crippen molar-refractivity contribution in [2.24, 2.45) is 5.41 Å². The zero-order chi connectivity index (χ0) is 20.2. The fourth-order valence-corrected chi connectivity index (χ4v) is 2.44. The number of nitriles is 1. The minimum atomic E-state index is -0.642.